The molecule has 0 saturated heterocycles. The molecule has 0 unspecified atom stereocenters. The molecule has 6 heteroatoms. The molecule has 1 aromatic carbocycles. The quantitative estimate of drug-likeness (QED) is 0.251. The van der Waals surface area contributed by atoms with Crippen LogP contribution in [0.4, 0.5) is 5.69 Å². The maximum Gasteiger partial charge on any atom is 0.246 e. The van der Waals surface area contributed by atoms with Crippen LogP contribution in [0.15, 0.2) is 29.3 Å². The van der Waals surface area contributed by atoms with Crippen LogP contribution in [0.2, 0.25) is 0 Å². The van der Waals surface area contributed by atoms with E-state index in [0.717, 1.165) is 31.6 Å². The monoisotopic (exact) mass is 385 g/mol. The summed E-state index contributed by atoms with van der Waals surface area (Å²) in [7, 11) is 0. The summed E-state index contributed by atoms with van der Waals surface area (Å²) in [5.41, 5.74) is 1.41. The lowest BCUT2D eigenvalue weighted by Gasteiger charge is -2.30. The predicted molar refractivity (Wildman–Crippen MR) is 119 cm³/mol. The smallest absolute Gasteiger partial charge is 0.246 e. The molecule has 0 aromatic heterocycles. The summed E-state index contributed by atoms with van der Waals surface area (Å²) in [6, 6.07) is 8.26. The summed E-state index contributed by atoms with van der Waals surface area (Å²) >= 11 is 0. The Morgan fingerprint density at radius 1 is 1.21 bits per heavy atom. The van der Waals surface area contributed by atoms with Gasteiger partial charge < -0.3 is 16.0 Å². The molecule has 0 saturated carbocycles. The molecule has 0 bridgehead atoms. The van der Waals surface area contributed by atoms with E-state index >= 15 is 0 Å². The van der Waals surface area contributed by atoms with E-state index in [1.54, 1.807) is 12.1 Å². The topological polar surface area (TPSA) is 68.8 Å². The van der Waals surface area contributed by atoms with Gasteiger partial charge in [-0.15, -0.1) is 6.42 Å². The molecule has 28 heavy (non-hydrogen) atoms. The molecule has 0 aliphatic rings. The summed E-state index contributed by atoms with van der Waals surface area (Å²) in [5, 5.41) is 9.29. The Balaban J connectivity index is 2.50. The van der Waals surface area contributed by atoms with Crippen LogP contribution in [0.25, 0.3) is 0 Å². The molecule has 1 rings (SSSR count). The fourth-order valence-corrected chi connectivity index (χ4v) is 2.96. The molecule has 1 aromatic rings. The summed E-state index contributed by atoms with van der Waals surface area (Å²) in [6.45, 7) is 13.5. The van der Waals surface area contributed by atoms with Crippen molar-refractivity contribution in [1.29, 1.82) is 0 Å². The van der Waals surface area contributed by atoms with Gasteiger partial charge in [-0.3, -0.25) is 9.69 Å². The molecule has 0 spiro atoms. The predicted octanol–water partition coefficient (Wildman–Crippen LogP) is 2.67. The Kier molecular flexibility index (Phi) is 10.7. The highest BCUT2D eigenvalue weighted by Crippen LogP contribution is 2.09. The largest absolute Gasteiger partial charge is 0.357 e. The third-order valence-corrected chi connectivity index (χ3v) is 4.25. The number of amides is 1. The lowest BCUT2D eigenvalue weighted by Crippen LogP contribution is -2.41. The van der Waals surface area contributed by atoms with Crippen molar-refractivity contribution in [3.63, 3.8) is 0 Å². The Hall–Kier alpha value is -2.52. The number of carbonyl (C=O) groups is 1. The Morgan fingerprint density at radius 2 is 1.93 bits per heavy atom. The summed E-state index contributed by atoms with van der Waals surface area (Å²) in [5.74, 6) is 3.02. The van der Waals surface area contributed by atoms with Gasteiger partial charge in [0.05, 0.1) is 0 Å². The van der Waals surface area contributed by atoms with Crippen LogP contribution in [-0.2, 0) is 4.79 Å². The average Bonchev–Trinajstić information content (AvgIpc) is 2.65. The maximum absolute atomic E-state index is 12.2. The number of terminal acetylenes is 1. The molecule has 0 aliphatic carbocycles. The number of nitrogens with one attached hydrogen (secondary N) is 3. The second kappa shape index (κ2) is 12.8. The van der Waals surface area contributed by atoms with Gasteiger partial charge in [-0.05, 0) is 59.2 Å². The maximum atomic E-state index is 12.2. The zero-order valence-electron chi connectivity index (χ0n) is 17.9. The van der Waals surface area contributed by atoms with Crippen molar-refractivity contribution in [3.8, 4) is 12.3 Å². The van der Waals surface area contributed by atoms with Gasteiger partial charge in [0.25, 0.3) is 0 Å². The molecule has 0 fully saturated rings. The number of nitrogens with zero attached hydrogens (tertiary/aromatic N) is 2. The van der Waals surface area contributed by atoms with Crippen molar-refractivity contribution in [2.45, 2.75) is 53.1 Å². The average molecular weight is 386 g/mol. The van der Waals surface area contributed by atoms with Crippen molar-refractivity contribution in [2.75, 3.05) is 31.5 Å². The van der Waals surface area contributed by atoms with Crippen LogP contribution < -0.4 is 16.0 Å². The van der Waals surface area contributed by atoms with Gasteiger partial charge in [-0.25, -0.2) is 4.99 Å². The van der Waals surface area contributed by atoms with E-state index in [2.05, 4.69) is 59.5 Å². The number of rotatable bonds is 10. The first-order valence-electron chi connectivity index (χ1n) is 10.0. The van der Waals surface area contributed by atoms with Crippen LogP contribution in [-0.4, -0.2) is 55.0 Å². The zero-order chi connectivity index (χ0) is 20.9. The van der Waals surface area contributed by atoms with Gasteiger partial charge in [-0.1, -0.05) is 12.0 Å². The molecule has 0 aliphatic heterocycles. The molecule has 0 atom stereocenters. The van der Waals surface area contributed by atoms with Gasteiger partial charge in [0.2, 0.25) is 5.91 Å². The lowest BCUT2D eigenvalue weighted by molar-refractivity contribution is -0.114. The fourth-order valence-electron chi connectivity index (χ4n) is 2.96. The molecule has 6 nitrogen and oxygen atoms in total. The van der Waals surface area contributed by atoms with E-state index in [1.165, 1.54) is 0 Å². The Labute approximate surface area is 170 Å². The van der Waals surface area contributed by atoms with Crippen LogP contribution in [0.1, 0.15) is 46.6 Å². The van der Waals surface area contributed by atoms with Crippen molar-refractivity contribution in [3.05, 3.63) is 29.8 Å². The molecular formula is C22H35N5O. The van der Waals surface area contributed by atoms with E-state index in [4.69, 9.17) is 6.42 Å². The van der Waals surface area contributed by atoms with Crippen molar-refractivity contribution in [1.82, 2.24) is 15.5 Å². The highest BCUT2D eigenvalue weighted by molar-refractivity contribution is 5.94. The summed E-state index contributed by atoms with van der Waals surface area (Å²) < 4.78 is 0. The summed E-state index contributed by atoms with van der Waals surface area (Å²) in [4.78, 5) is 19.0. The molecule has 1 amide bonds. The van der Waals surface area contributed by atoms with E-state index in [1.807, 2.05) is 19.1 Å². The minimum Gasteiger partial charge on any atom is -0.357 e. The molecule has 0 heterocycles. The van der Waals surface area contributed by atoms with Gasteiger partial charge in [-0.2, -0.15) is 0 Å². The van der Waals surface area contributed by atoms with Gasteiger partial charge >= 0.3 is 0 Å². The van der Waals surface area contributed by atoms with Crippen LogP contribution in [0.3, 0.4) is 0 Å². The number of carbonyl (C=O) groups excluding carboxylic acids is 1. The van der Waals surface area contributed by atoms with Gasteiger partial charge in [0.15, 0.2) is 5.96 Å². The molecule has 154 valence electrons. The number of guanidine groups is 1. The highest BCUT2D eigenvalue weighted by atomic mass is 16.1. The van der Waals surface area contributed by atoms with E-state index in [-0.39, 0.29) is 12.5 Å². The number of hydrogen-bond donors (Lipinski definition) is 3. The third kappa shape index (κ3) is 8.92. The first-order chi connectivity index (χ1) is 13.4. The number of benzene rings is 1. The first kappa shape index (κ1) is 23.5. The minimum absolute atomic E-state index is 0.0414. The zero-order valence-corrected chi connectivity index (χ0v) is 17.9. The third-order valence-electron chi connectivity index (χ3n) is 4.25. The Morgan fingerprint density at radius 3 is 2.54 bits per heavy atom. The molecule has 0 radical (unpaired) electrons. The van der Waals surface area contributed by atoms with Gasteiger partial charge in [0.1, 0.15) is 6.54 Å². The fraction of sp³-hybridized carbons (Fsp3) is 0.545. The van der Waals surface area contributed by atoms with Crippen molar-refractivity contribution >= 4 is 17.6 Å². The highest BCUT2D eigenvalue weighted by Gasteiger charge is 2.12. The van der Waals surface area contributed by atoms with Crippen LogP contribution in [0.5, 0.6) is 0 Å². The van der Waals surface area contributed by atoms with Crippen LogP contribution >= 0.6 is 0 Å². The standard InChI is InChI=1S/C22H35N5O/c1-7-19-11-9-12-20(15-19)26-21(28)16-25-22(23-8-2)24-13-10-14-27(17(3)4)18(5)6/h1,9,11-12,15,17-18H,8,10,13-14,16H2,2-6H3,(H,26,28)(H2,23,24,25). The molecular weight excluding hydrogens is 350 g/mol. The second-order valence-corrected chi connectivity index (χ2v) is 7.17. The first-order valence-corrected chi connectivity index (χ1v) is 10.0. The van der Waals surface area contributed by atoms with E-state index < -0.39 is 0 Å². The minimum atomic E-state index is -0.183. The normalized spacial score (nSPS) is 11.6. The lowest BCUT2D eigenvalue weighted by atomic mass is 10.2. The van der Waals surface area contributed by atoms with E-state index in [0.29, 0.717) is 23.7 Å². The van der Waals surface area contributed by atoms with E-state index in [9.17, 15) is 4.79 Å². The van der Waals surface area contributed by atoms with Crippen molar-refractivity contribution < 1.29 is 4.79 Å². The Bertz CT molecular complexity index is 668. The van der Waals surface area contributed by atoms with Gasteiger partial charge in [0, 0.05) is 43.0 Å². The van der Waals surface area contributed by atoms with Crippen LogP contribution in [0, 0.1) is 12.3 Å². The second-order valence-electron chi connectivity index (χ2n) is 7.17. The number of anilines is 1. The number of aliphatic imine (C=N–C) groups is 1. The summed E-state index contributed by atoms with van der Waals surface area (Å²) in [6.07, 6.45) is 6.39. The SMILES string of the molecule is C#Cc1cccc(NC(=O)CN=C(NCC)NCCCN(C(C)C)C(C)C)c1. The van der Waals surface area contributed by atoms with Crippen molar-refractivity contribution in [2.24, 2.45) is 4.99 Å². The molecule has 3 N–H and O–H groups in total. The number of hydrogen-bond acceptors (Lipinski definition) is 3.